The SMILES string of the molecule is O=C(NCC1CCCO1)Nc1ccccn1. The van der Waals surface area contributed by atoms with E-state index in [2.05, 4.69) is 15.6 Å². The number of pyridine rings is 1. The third kappa shape index (κ3) is 3.20. The van der Waals surface area contributed by atoms with Gasteiger partial charge in [-0.3, -0.25) is 5.32 Å². The third-order valence-corrected chi connectivity index (χ3v) is 2.42. The van der Waals surface area contributed by atoms with Gasteiger partial charge in [0.1, 0.15) is 5.82 Å². The van der Waals surface area contributed by atoms with Crippen LogP contribution in [0.5, 0.6) is 0 Å². The number of hydrogen-bond donors (Lipinski definition) is 2. The van der Waals surface area contributed by atoms with E-state index in [4.69, 9.17) is 4.74 Å². The van der Waals surface area contributed by atoms with E-state index in [9.17, 15) is 4.79 Å². The molecule has 0 aromatic carbocycles. The molecule has 5 nitrogen and oxygen atoms in total. The second-order valence-corrected chi connectivity index (χ2v) is 3.69. The van der Waals surface area contributed by atoms with Gasteiger partial charge in [0.2, 0.25) is 0 Å². The lowest BCUT2D eigenvalue weighted by atomic mass is 10.2. The first-order valence-electron chi connectivity index (χ1n) is 5.42. The lowest BCUT2D eigenvalue weighted by molar-refractivity contribution is 0.112. The molecule has 1 aromatic rings. The Morgan fingerprint density at radius 3 is 3.19 bits per heavy atom. The average molecular weight is 221 g/mol. The largest absolute Gasteiger partial charge is 0.376 e. The predicted octanol–water partition coefficient (Wildman–Crippen LogP) is 1.38. The number of rotatable bonds is 3. The number of ether oxygens (including phenoxy) is 1. The summed E-state index contributed by atoms with van der Waals surface area (Å²) in [6.07, 6.45) is 3.89. The minimum atomic E-state index is -0.241. The molecule has 0 saturated carbocycles. The molecule has 1 unspecified atom stereocenters. The Kier molecular flexibility index (Phi) is 3.71. The highest BCUT2D eigenvalue weighted by molar-refractivity contribution is 5.88. The van der Waals surface area contributed by atoms with Crippen molar-refractivity contribution in [3.8, 4) is 0 Å². The first kappa shape index (κ1) is 10.9. The Morgan fingerprint density at radius 1 is 1.56 bits per heavy atom. The van der Waals surface area contributed by atoms with E-state index >= 15 is 0 Å². The van der Waals surface area contributed by atoms with Gasteiger partial charge in [-0.1, -0.05) is 6.07 Å². The van der Waals surface area contributed by atoms with E-state index in [0.717, 1.165) is 19.4 Å². The molecule has 0 radical (unpaired) electrons. The van der Waals surface area contributed by atoms with Crippen molar-refractivity contribution in [1.29, 1.82) is 0 Å². The molecule has 2 amide bonds. The molecule has 86 valence electrons. The highest BCUT2D eigenvalue weighted by Crippen LogP contribution is 2.10. The summed E-state index contributed by atoms with van der Waals surface area (Å²) in [5.74, 6) is 0.548. The first-order valence-corrected chi connectivity index (χ1v) is 5.42. The molecule has 2 heterocycles. The van der Waals surface area contributed by atoms with Crippen LogP contribution in [0.4, 0.5) is 10.6 Å². The van der Waals surface area contributed by atoms with Gasteiger partial charge in [0.25, 0.3) is 0 Å². The molecule has 16 heavy (non-hydrogen) atoms. The fraction of sp³-hybridized carbons (Fsp3) is 0.455. The Bertz CT molecular complexity index is 336. The standard InChI is InChI=1S/C11H15N3O2/c15-11(13-8-9-4-3-7-16-9)14-10-5-1-2-6-12-10/h1-2,5-6,9H,3-4,7-8H2,(H2,12,13,14,15). The van der Waals surface area contributed by atoms with Gasteiger partial charge in [-0.25, -0.2) is 9.78 Å². The number of aromatic nitrogens is 1. The highest BCUT2D eigenvalue weighted by Gasteiger charge is 2.15. The Balaban J connectivity index is 1.72. The van der Waals surface area contributed by atoms with Crippen molar-refractivity contribution in [3.63, 3.8) is 0 Å². The lowest BCUT2D eigenvalue weighted by Gasteiger charge is -2.11. The number of nitrogens with one attached hydrogen (secondary N) is 2. The smallest absolute Gasteiger partial charge is 0.320 e. The monoisotopic (exact) mass is 221 g/mol. The van der Waals surface area contributed by atoms with Crippen molar-refractivity contribution < 1.29 is 9.53 Å². The fourth-order valence-corrected chi connectivity index (χ4v) is 1.61. The maximum Gasteiger partial charge on any atom is 0.320 e. The zero-order chi connectivity index (χ0) is 11.2. The van der Waals surface area contributed by atoms with E-state index in [0.29, 0.717) is 12.4 Å². The van der Waals surface area contributed by atoms with Crippen LogP contribution in [0.3, 0.4) is 0 Å². The summed E-state index contributed by atoms with van der Waals surface area (Å²) in [7, 11) is 0. The number of amides is 2. The summed E-state index contributed by atoms with van der Waals surface area (Å²) in [6, 6.07) is 5.12. The van der Waals surface area contributed by atoms with E-state index in [1.165, 1.54) is 0 Å². The minimum absolute atomic E-state index is 0.162. The topological polar surface area (TPSA) is 63.2 Å². The maximum absolute atomic E-state index is 11.5. The predicted molar refractivity (Wildman–Crippen MR) is 60.2 cm³/mol. The van der Waals surface area contributed by atoms with E-state index < -0.39 is 0 Å². The van der Waals surface area contributed by atoms with Crippen molar-refractivity contribution in [2.45, 2.75) is 18.9 Å². The fourth-order valence-electron chi connectivity index (χ4n) is 1.61. The van der Waals surface area contributed by atoms with E-state index in [-0.39, 0.29) is 12.1 Å². The molecule has 1 fully saturated rings. The van der Waals surface area contributed by atoms with Crippen molar-refractivity contribution in [2.75, 3.05) is 18.5 Å². The molecule has 1 atom stereocenters. The summed E-state index contributed by atoms with van der Waals surface area (Å²) in [5.41, 5.74) is 0. The molecule has 1 aliphatic rings. The van der Waals surface area contributed by atoms with Gasteiger partial charge in [-0.15, -0.1) is 0 Å². The number of nitrogens with zero attached hydrogens (tertiary/aromatic N) is 1. The van der Waals surface area contributed by atoms with Crippen molar-refractivity contribution in [3.05, 3.63) is 24.4 Å². The molecular formula is C11H15N3O2. The number of carbonyl (C=O) groups is 1. The van der Waals surface area contributed by atoms with Crippen LogP contribution < -0.4 is 10.6 Å². The molecular weight excluding hydrogens is 206 g/mol. The normalized spacial score (nSPS) is 19.4. The number of carbonyl (C=O) groups excluding carboxylic acids is 1. The van der Waals surface area contributed by atoms with Gasteiger partial charge in [0, 0.05) is 19.3 Å². The van der Waals surface area contributed by atoms with E-state index in [1.54, 1.807) is 18.3 Å². The molecule has 2 rings (SSSR count). The molecule has 2 N–H and O–H groups in total. The van der Waals surface area contributed by atoms with Gasteiger partial charge in [-0.05, 0) is 25.0 Å². The van der Waals surface area contributed by atoms with Crippen LogP contribution in [0, 0.1) is 0 Å². The number of urea groups is 1. The summed E-state index contributed by atoms with van der Waals surface area (Å²) in [5, 5.41) is 5.41. The van der Waals surface area contributed by atoms with Gasteiger partial charge < -0.3 is 10.1 Å². The van der Waals surface area contributed by atoms with Crippen LogP contribution in [-0.4, -0.2) is 30.3 Å². The van der Waals surface area contributed by atoms with Gasteiger partial charge in [0.05, 0.1) is 6.10 Å². The highest BCUT2D eigenvalue weighted by atomic mass is 16.5. The van der Waals surface area contributed by atoms with Gasteiger partial charge >= 0.3 is 6.03 Å². The maximum atomic E-state index is 11.5. The second kappa shape index (κ2) is 5.46. The second-order valence-electron chi connectivity index (χ2n) is 3.69. The Labute approximate surface area is 94.2 Å². The molecule has 1 aromatic heterocycles. The van der Waals surface area contributed by atoms with Crippen LogP contribution in [0.25, 0.3) is 0 Å². The van der Waals surface area contributed by atoms with Crippen LogP contribution in [0.2, 0.25) is 0 Å². The quantitative estimate of drug-likeness (QED) is 0.810. The minimum Gasteiger partial charge on any atom is -0.376 e. The number of hydrogen-bond acceptors (Lipinski definition) is 3. The molecule has 1 saturated heterocycles. The van der Waals surface area contributed by atoms with Crippen LogP contribution in [-0.2, 0) is 4.74 Å². The summed E-state index contributed by atoms with van der Waals surface area (Å²) < 4.78 is 5.40. The zero-order valence-electron chi connectivity index (χ0n) is 8.98. The zero-order valence-corrected chi connectivity index (χ0v) is 8.98. The van der Waals surface area contributed by atoms with E-state index in [1.807, 2.05) is 6.07 Å². The Morgan fingerprint density at radius 2 is 2.50 bits per heavy atom. The molecule has 1 aliphatic heterocycles. The third-order valence-electron chi connectivity index (χ3n) is 2.42. The molecule has 0 aliphatic carbocycles. The molecule has 0 spiro atoms. The molecule has 0 bridgehead atoms. The average Bonchev–Trinajstić information content (AvgIpc) is 2.81. The van der Waals surface area contributed by atoms with Gasteiger partial charge in [0.15, 0.2) is 0 Å². The van der Waals surface area contributed by atoms with Gasteiger partial charge in [-0.2, -0.15) is 0 Å². The van der Waals surface area contributed by atoms with Crippen molar-refractivity contribution >= 4 is 11.8 Å². The first-order chi connectivity index (χ1) is 7.84. The summed E-state index contributed by atoms with van der Waals surface area (Å²) in [4.78, 5) is 15.4. The van der Waals surface area contributed by atoms with Crippen LogP contribution in [0.1, 0.15) is 12.8 Å². The molecule has 5 heteroatoms. The van der Waals surface area contributed by atoms with Crippen molar-refractivity contribution in [2.24, 2.45) is 0 Å². The van der Waals surface area contributed by atoms with Crippen LogP contribution >= 0.6 is 0 Å². The van der Waals surface area contributed by atoms with Crippen molar-refractivity contribution in [1.82, 2.24) is 10.3 Å². The lowest BCUT2D eigenvalue weighted by Crippen LogP contribution is -2.35. The van der Waals surface area contributed by atoms with Crippen LogP contribution in [0.15, 0.2) is 24.4 Å². The number of anilines is 1. The summed E-state index contributed by atoms with van der Waals surface area (Å²) in [6.45, 7) is 1.35. The summed E-state index contributed by atoms with van der Waals surface area (Å²) >= 11 is 0. The Hall–Kier alpha value is -1.62.